The molecule has 0 radical (unpaired) electrons. The highest BCUT2D eigenvalue weighted by Crippen LogP contribution is 2.17. The molecule has 1 aliphatic rings. The van der Waals surface area contributed by atoms with Crippen LogP contribution in [0, 0.1) is 11.8 Å². The van der Waals surface area contributed by atoms with Crippen molar-refractivity contribution in [1.82, 2.24) is 10.2 Å². The first kappa shape index (κ1) is 14.5. The first-order valence-corrected chi connectivity index (χ1v) is 6.96. The number of likely N-dealkylation sites (tertiary alicyclic amines) is 1. The Balaban J connectivity index is 2.53. The van der Waals surface area contributed by atoms with Crippen molar-refractivity contribution in [2.24, 2.45) is 11.8 Å². The molecule has 0 aromatic heterocycles. The second-order valence-corrected chi connectivity index (χ2v) is 6.02. The molecule has 1 N–H and O–H groups in total. The summed E-state index contributed by atoms with van der Waals surface area (Å²) in [6, 6.07) is 0.425. The molecule has 0 saturated carbocycles. The van der Waals surface area contributed by atoms with Gasteiger partial charge in [-0.3, -0.25) is 4.79 Å². The van der Waals surface area contributed by atoms with Crippen LogP contribution in [-0.4, -0.2) is 36.0 Å². The van der Waals surface area contributed by atoms with Crippen molar-refractivity contribution in [3.8, 4) is 0 Å². The predicted molar refractivity (Wildman–Crippen MR) is 71.9 cm³/mol. The monoisotopic (exact) mass is 240 g/mol. The number of hydrogen-bond donors (Lipinski definition) is 1. The topological polar surface area (TPSA) is 32.3 Å². The van der Waals surface area contributed by atoms with Gasteiger partial charge in [0.2, 0.25) is 5.91 Å². The van der Waals surface area contributed by atoms with E-state index >= 15 is 0 Å². The van der Waals surface area contributed by atoms with E-state index in [4.69, 9.17) is 0 Å². The zero-order chi connectivity index (χ0) is 13.0. The molecule has 17 heavy (non-hydrogen) atoms. The van der Waals surface area contributed by atoms with Crippen molar-refractivity contribution < 1.29 is 4.79 Å². The second kappa shape index (κ2) is 6.39. The molecule has 100 valence electrons. The maximum atomic E-state index is 12.3. The van der Waals surface area contributed by atoms with Crippen molar-refractivity contribution >= 4 is 5.91 Å². The van der Waals surface area contributed by atoms with E-state index in [1.807, 2.05) is 4.90 Å². The van der Waals surface area contributed by atoms with Crippen LogP contribution in [0.1, 0.15) is 47.5 Å². The summed E-state index contributed by atoms with van der Waals surface area (Å²) in [5.74, 6) is 1.52. The molecule has 1 saturated heterocycles. The Bertz CT molecular complexity index is 251. The molecule has 0 aliphatic carbocycles. The van der Waals surface area contributed by atoms with Crippen molar-refractivity contribution in [2.45, 2.75) is 59.5 Å². The smallest absolute Gasteiger partial charge is 0.239 e. The van der Waals surface area contributed by atoms with E-state index in [1.54, 1.807) is 0 Å². The number of carbonyl (C=O) groups excluding carboxylic acids is 1. The fourth-order valence-corrected chi connectivity index (χ4v) is 2.24. The Morgan fingerprint density at radius 3 is 2.47 bits per heavy atom. The van der Waals surface area contributed by atoms with Crippen LogP contribution < -0.4 is 5.32 Å². The van der Waals surface area contributed by atoms with E-state index in [0.29, 0.717) is 23.8 Å². The van der Waals surface area contributed by atoms with E-state index in [0.717, 1.165) is 25.9 Å². The van der Waals surface area contributed by atoms with Crippen LogP contribution in [0.5, 0.6) is 0 Å². The fraction of sp³-hybridized carbons (Fsp3) is 0.929. The molecular weight excluding hydrogens is 212 g/mol. The third-order valence-corrected chi connectivity index (χ3v) is 3.71. The predicted octanol–water partition coefficient (Wildman–Crippen LogP) is 2.27. The van der Waals surface area contributed by atoms with Crippen LogP contribution in [0.15, 0.2) is 0 Å². The quantitative estimate of drug-likeness (QED) is 0.799. The Morgan fingerprint density at radius 1 is 1.29 bits per heavy atom. The molecule has 0 aromatic rings. The van der Waals surface area contributed by atoms with Crippen LogP contribution >= 0.6 is 0 Å². The number of rotatable bonds is 5. The van der Waals surface area contributed by atoms with Gasteiger partial charge >= 0.3 is 0 Å². The summed E-state index contributed by atoms with van der Waals surface area (Å²) in [6.07, 6.45) is 2.12. The van der Waals surface area contributed by atoms with E-state index in [9.17, 15) is 4.79 Å². The largest absolute Gasteiger partial charge is 0.341 e. The van der Waals surface area contributed by atoms with Gasteiger partial charge in [-0.25, -0.2) is 0 Å². The van der Waals surface area contributed by atoms with E-state index < -0.39 is 0 Å². The number of hydrogen-bond acceptors (Lipinski definition) is 2. The molecule has 3 nitrogen and oxygen atoms in total. The maximum absolute atomic E-state index is 12.3. The van der Waals surface area contributed by atoms with Gasteiger partial charge in [-0.2, -0.15) is 0 Å². The van der Waals surface area contributed by atoms with E-state index in [2.05, 4.69) is 39.9 Å². The van der Waals surface area contributed by atoms with Crippen LogP contribution in [0.4, 0.5) is 0 Å². The third-order valence-electron chi connectivity index (χ3n) is 3.71. The zero-order valence-corrected chi connectivity index (χ0v) is 12.0. The van der Waals surface area contributed by atoms with Gasteiger partial charge < -0.3 is 10.2 Å². The lowest BCUT2D eigenvalue weighted by Gasteiger charge is -2.36. The summed E-state index contributed by atoms with van der Waals surface area (Å²) in [4.78, 5) is 14.3. The summed E-state index contributed by atoms with van der Waals surface area (Å²) in [6.45, 7) is 12.7. The number of nitrogens with zero attached hydrogens (tertiary/aromatic N) is 1. The number of amides is 1. The number of carbonyl (C=O) groups is 1. The minimum Gasteiger partial charge on any atom is -0.341 e. The highest BCUT2D eigenvalue weighted by Gasteiger charge is 2.29. The summed E-state index contributed by atoms with van der Waals surface area (Å²) >= 11 is 0. The molecule has 3 heteroatoms. The maximum Gasteiger partial charge on any atom is 0.239 e. The van der Waals surface area contributed by atoms with E-state index in [1.165, 1.54) is 0 Å². The van der Waals surface area contributed by atoms with Gasteiger partial charge in [-0.15, -0.1) is 0 Å². The average molecular weight is 240 g/mol. The number of piperidine rings is 1. The fourth-order valence-electron chi connectivity index (χ4n) is 2.24. The zero-order valence-electron chi connectivity index (χ0n) is 12.0. The molecule has 0 spiro atoms. The second-order valence-electron chi connectivity index (χ2n) is 6.02. The van der Waals surface area contributed by atoms with Crippen LogP contribution in [-0.2, 0) is 4.79 Å². The first-order valence-electron chi connectivity index (χ1n) is 6.96. The standard InChI is InChI=1S/C14H28N2O/c1-10(2)12(5)9-16-8-6-7-13(14(16)17)15-11(3)4/h10-13,15H,6-9H2,1-5H3. The minimum absolute atomic E-state index is 0.0445. The lowest BCUT2D eigenvalue weighted by atomic mass is 9.95. The SMILES string of the molecule is CC(C)NC1CCCN(CC(C)C(C)C)C1=O. The highest BCUT2D eigenvalue weighted by atomic mass is 16.2. The lowest BCUT2D eigenvalue weighted by Crippen LogP contribution is -2.53. The third kappa shape index (κ3) is 4.30. The van der Waals surface area contributed by atoms with E-state index in [-0.39, 0.29) is 6.04 Å². The highest BCUT2D eigenvalue weighted by molar-refractivity contribution is 5.82. The summed E-state index contributed by atoms with van der Waals surface area (Å²) in [5.41, 5.74) is 0. The molecule has 0 bridgehead atoms. The summed E-state index contributed by atoms with van der Waals surface area (Å²) in [5, 5.41) is 3.37. The summed E-state index contributed by atoms with van der Waals surface area (Å²) in [7, 11) is 0. The van der Waals surface area contributed by atoms with Crippen LogP contribution in [0.3, 0.4) is 0 Å². The molecule has 1 aliphatic heterocycles. The Kier molecular flexibility index (Phi) is 5.44. The van der Waals surface area contributed by atoms with Gasteiger partial charge in [0.1, 0.15) is 0 Å². The van der Waals surface area contributed by atoms with Gasteiger partial charge in [-0.1, -0.05) is 34.6 Å². The molecular formula is C14H28N2O. The Hall–Kier alpha value is -0.570. The Labute approximate surface area is 106 Å². The van der Waals surface area contributed by atoms with Crippen LogP contribution in [0.2, 0.25) is 0 Å². The molecule has 1 amide bonds. The molecule has 1 fully saturated rings. The number of nitrogens with one attached hydrogen (secondary N) is 1. The first-order chi connectivity index (χ1) is 7.91. The molecule has 2 unspecified atom stereocenters. The summed E-state index contributed by atoms with van der Waals surface area (Å²) < 4.78 is 0. The average Bonchev–Trinajstić information content (AvgIpc) is 2.23. The van der Waals surface area contributed by atoms with Crippen molar-refractivity contribution in [1.29, 1.82) is 0 Å². The molecule has 2 atom stereocenters. The lowest BCUT2D eigenvalue weighted by molar-refractivity contribution is -0.137. The normalized spacial score (nSPS) is 23.6. The van der Waals surface area contributed by atoms with Gasteiger partial charge in [0.15, 0.2) is 0 Å². The Morgan fingerprint density at radius 2 is 1.94 bits per heavy atom. The van der Waals surface area contributed by atoms with Gasteiger partial charge in [0.05, 0.1) is 6.04 Å². The molecule has 1 heterocycles. The molecule has 1 rings (SSSR count). The van der Waals surface area contributed by atoms with Crippen molar-refractivity contribution in [2.75, 3.05) is 13.1 Å². The molecule has 0 aromatic carbocycles. The van der Waals surface area contributed by atoms with Gasteiger partial charge in [-0.05, 0) is 24.7 Å². The van der Waals surface area contributed by atoms with Crippen LogP contribution in [0.25, 0.3) is 0 Å². The van der Waals surface area contributed by atoms with Crippen molar-refractivity contribution in [3.05, 3.63) is 0 Å². The van der Waals surface area contributed by atoms with Gasteiger partial charge in [0, 0.05) is 19.1 Å². The van der Waals surface area contributed by atoms with Crippen molar-refractivity contribution in [3.63, 3.8) is 0 Å². The minimum atomic E-state index is 0.0445. The van der Waals surface area contributed by atoms with Gasteiger partial charge in [0.25, 0.3) is 0 Å².